The number of rotatable bonds is 5. The highest BCUT2D eigenvalue weighted by Gasteiger charge is 2.32. The van der Waals surface area contributed by atoms with Crippen molar-refractivity contribution in [2.24, 2.45) is 5.41 Å². The zero-order chi connectivity index (χ0) is 15.5. The number of hydrogen-bond acceptors (Lipinski definition) is 3. The van der Waals surface area contributed by atoms with E-state index in [1.807, 2.05) is 12.1 Å². The molecule has 21 heavy (non-hydrogen) atoms. The van der Waals surface area contributed by atoms with Gasteiger partial charge in [-0.05, 0) is 49.8 Å². The normalized spacial score (nSPS) is 20.5. The maximum Gasteiger partial charge on any atom is 0.124 e. The molecule has 0 spiro atoms. The van der Waals surface area contributed by atoms with E-state index in [1.165, 1.54) is 17.5 Å². The van der Waals surface area contributed by atoms with Gasteiger partial charge in [0.1, 0.15) is 11.5 Å². The summed E-state index contributed by atoms with van der Waals surface area (Å²) in [6.07, 6.45) is 4.49. The summed E-state index contributed by atoms with van der Waals surface area (Å²) in [5.41, 5.74) is 2.94. The lowest BCUT2D eigenvalue weighted by atomic mass is 9.83. The van der Waals surface area contributed by atoms with E-state index in [2.05, 4.69) is 26.1 Å². The third kappa shape index (κ3) is 3.52. The van der Waals surface area contributed by atoms with Crippen molar-refractivity contribution in [3.05, 3.63) is 23.3 Å². The first-order valence-electron chi connectivity index (χ1n) is 7.99. The minimum absolute atomic E-state index is 0.320. The predicted molar refractivity (Wildman–Crippen MR) is 87.3 cm³/mol. The first-order valence-corrected chi connectivity index (χ1v) is 7.99. The molecule has 0 saturated heterocycles. The van der Waals surface area contributed by atoms with Crippen molar-refractivity contribution in [3.8, 4) is 11.5 Å². The molecule has 0 amide bonds. The standard InChI is InChI=1S/C18H29NO2/c1-6-11-19-14-12-18(2,3)10-9-13-15(20-4)7-8-16(21-5)17(13)14/h7-8,14,19H,6,9-12H2,1-5H3. The van der Waals surface area contributed by atoms with Gasteiger partial charge in [0.2, 0.25) is 0 Å². The van der Waals surface area contributed by atoms with E-state index >= 15 is 0 Å². The molecule has 0 fully saturated rings. The van der Waals surface area contributed by atoms with Crippen LogP contribution in [0.2, 0.25) is 0 Å². The minimum atomic E-state index is 0.320. The Morgan fingerprint density at radius 3 is 2.48 bits per heavy atom. The molecular weight excluding hydrogens is 262 g/mol. The van der Waals surface area contributed by atoms with Crippen LogP contribution in [0.3, 0.4) is 0 Å². The van der Waals surface area contributed by atoms with E-state index in [0.717, 1.165) is 37.3 Å². The minimum Gasteiger partial charge on any atom is -0.496 e. The summed E-state index contributed by atoms with van der Waals surface area (Å²) in [7, 11) is 3.52. The number of methoxy groups -OCH3 is 2. The van der Waals surface area contributed by atoms with Crippen LogP contribution >= 0.6 is 0 Å². The quantitative estimate of drug-likeness (QED) is 0.828. The molecule has 1 aromatic carbocycles. The highest BCUT2D eigenvalue weighted by molar-refractivity contribution is 5.51. The third-order valence-corrected chi connectivity index (χ3v) is 4.51. The molecule has 0 radical (unpaired) electrons. The summed E-state index contributed by atoms with van der Waals surface area (Å²) >= 11 is 0. The monoisotopic (exact) mass is 291 g/mol. The van der Waals surface area contributed by atoms with Crippen LogP contribution in [-0.2, 0) is 6.42 Å². The second-order valence-corrected chi connectivity index (χ2v) is 6.74. The molecule has 1 aromatic rings. The Labute approximate surface area is 129 Å². The maximum atomic E-state index is 5.65. The lowest BCUT2D eigenvalue weighted by Gasteiger charge is -2.28. The molecule has 1 unspecified atom stereocenters. The van der Waals surface area contributed by atoms with Gasteiger partial charge in [-0.1, -0.05) is 20.8 Å². The molecule has 1 aliphatic rings. The Hall–Kier alpha value is -1.22. The molecule has 118 valence electrons. The SMILES string of the molecule is CCCNC1CC(C)(C)CCc2c(OC)ccc(OC)c21. The van der Waals surface area contributed by atoms with E-state index in [0.29, 0.717) is 11.5 Å². The third-order valence-electron chi connectivity index (χ3n) is 4.51. The van der Waals surface area contributed by atoms with E-state index in [4.69, 9.17) is 9.47 Å². The van der Waals surface area contributed by atoms with Gasteiger partial charge in [0, 0.05) is 17.2 Å². The summed E-state index contributed by atoms with van der Waals surface area (Å²) in [5.74, 6) is 1.98. The molecule has 0 saturated carbocycles. The fourth-order valence-electron chi connectivity index (χ4n) is 3.35. The number of hydrogen-bond donors (Lipinski definition) is 1. The van der Waals surface area contributed by atoms with Crippen LogP contribution in [0.4, 0.5) is 0 Å². The summed E-state index contributed by atoms with van der Waals surface area (Å²) in [5, 5.41) is 3.71. The number of nitrogens with one attached hydrogen (secondary N) is 1. The Kier molecular flexibility index (Phi) is 5.15. The molecule has 0 heterocycles. The molecule has 1 N–H and O–H groups in total. The first-order chi connectivity index (χ1) is 10.0. The zero-order valence-corrected chi connectivity index (χ0v) is 14.1. The molecule has 2 rings (SSSR count). The number of fused-ring (bicyclic) bond motifs is 1. The smallest absolute Gasteiger partial charge is 0.124 e. The van der Waals surface area contributed by atoms with Crippen molar-refractivity contribution >= 4 is 0 Å². The summed E-state index contributed by atoms with van der Waals surface area (Å²) < 4.78 is 11.3. The van der Waals surface area contributed by atoms with Gasteiger partial charge < -0.3 is 14.8 Å². The van der Waals surface area contributed by atoms with E-state index in [-0.39, 0.29) is 0 Å². The highest BCUT2D eigenvalue weighted by Crippen LogP contribution is 2.45. The Balaban J connectivity index is 2.50. The van der Waals surface area contributed by atoms with Crippen LogP contribution in [0.5, 0.6) is 11.5 Å². The molecule has 0 aromatic heterocycles. The fourth-order valence-corrected chi connectivity index (χ4v) is 3.35. The van der Waals surface area contributed by atoms with Crippen LogP contribution in [0.1, 0.15) is 57.2 Å². The summed E-state index contributed by atoms with van der Waals surface area (Å²) in [4.78, 5) is 0. The molecule has 0 bridgehead atoms. The van der Waals surface area contributed by atoms with Crippen LogP contribution in [0.25, 0.3) is 0 Å². The van der Waals surface area contributed by atoms with Crippen molar-refractivity contribution in [2.75, 3.05) is 20.8 Å². The first kappa shape index (κ1) is 16.2. The second-order valence-electron chi connectivity index (χ2n) is 6.74. The molecule has 3 nitrogen and oxygen atoms in total. The van der Waals surface area contributed by atoms with Crippen molar-refractivity contribution in [2.45, 2.75) is 52.5 Å². The van der Waals surface area contributed by atoms with Crippen LogP contribution in [0, 0.1) is 5.41 Å². The van der Waals surface area contributed by atoms with E-state index in [9.17, 15) is 0 Å². The number of ether oxygens (including phenoxy) is 2. The van der Waals surface area contributed by atoms with Gasteiger partial charge in [0.25, 0.3) is 0 Å². The highest BCUT2D eigenvalue weighted by atomic mass is 16.5. The Morgan fingerprint density at radius 2 is 1.86 bits per heavy atom. The van der Waals surface area contributed by atoms with E-state index in [1.54, 1.807) is 14.2 Å². The maximum absolute atomic E-state index is 5.65. The summed E-state index contributed by atoms with van der Waals surface area (Å²) in [6, 6.07) is 4.41. The van der Waals surface area contributed by atoms with Gasteiger partial charge in [-0.15, -0.1) is 0 Å². The van der Waals surface area contributed by atoms with Gasteiger partial charge >= 0.3 is 0 Å². The predicted octanol–water partition coefficient (Wildman–Crippen LogP) is 4.11. The van der Waals surface area contributed by atoms with Gasteiger partial charge in [0.05, 0.1) is 14.2 Å². The molecule has 3 heteroatoms. The second kappa shape index (κ2) is 6.69. The molecular formula is C18H29NO2. The van der Waals surface area contributed by atoms with Gasteiger partial charge in [0.15, 0.2) is 0 Å². The van der Waals surface area contributed by atoms with Crippen molar-refractivity contribution in [1.82, 2.24) is 5.32 Å². The van der Waals surface area contributed by atoms with Gasteiger partial charge in [-0.2, -0.15) is 0 Å². The molecule has 1 atom stereocenters. The van der Waals surface area contributed by atoms with Crippen LogP contribution < -0.4 is 14.8 Å². The molecule has 0 aliphatic heterocycles. The van der Waals surface area contributed by atoms with Gasteiger partial charge in [-0.3, -0.25) is 0 Å². The Morgan fingerprint density at radius 1 is 1.19 bits per heavy atom. The lowest BCUT2D eigenvalue weighted by molar-refractivity contribution is 0.271. The average Bonchev–Trinajstić information content (AvgIpc) is 2.61. The molecule has 1 aliphatic carbocycles. The van der Waals surface area contributed by atoms with Gasteiger partial charge in [-0.25, -0.2) is 0 Å². The lowest BCUT2D eigenvalue weighted by Crippen LogP contribution is -2.27. The zero-order valence-electron chi connectivity index (χ0n) is 14.1. The largest absolute Gasteiger partial charge is 0.496 e. The number of benzene rings is 1. The van der Waals surface area contributed by atoms with Crippen molar-refractivity contribution < 1.29 is 9.47 Å². The van der Waals surface area contributed by atoms with Crippen LogP contribution in [0.15, 0.2) is 12.1 Å². The summed E-state index contributed by atoms with van der Waals surface area (Å²) in [6.45, 7) is 7.95. The fraction of sp³-hybridized carbons (Fsp3) is 0.667. The topological polar surface area (TPSA) is 30.5 Å². The average molecular weight is 291 g/mol. The van der Waals surface area contributed by atoms with Crippen molar-refractivity contribution in [1.29, 1.82) is 0 Å². The van der Waals surface area contributed by atoms with Crippen LogP contribution in [-0.4, -0.2) is 20.8 Å². The van der Waals surface area contributed by atoms with E-state index < -0.39 is 0 Å². The van der Waals surface area contributed by atoms with Crippen molar-refractivity contribution in [3.63, 3.8) is 0 Å². The Bertz CT molecular complexity index is 482.